The molecule has 0 bridgehead atoms. The van der Waals surface area contributed by atoms with Crippen LogP contribution in [0.15, 0.2) is 36.4 Å². The Balaban J connectivity index is 1.70. The number of benzene rings is 2. The number of ether oxygens (including phenoxy) is 1. The van der Waals surface area contributed by atoms with Gasteiger partial charge in [-0.05, 0) is 41.3 Å². The molecular formula is C19H22FNO2. The molecule has 4 heteroatoms. The van der Waals surface area contributed by atoms with Gasteiger partial charge in [0, 0.05) is 24.6 Å². The molecule has 0 saturated carbocycles. The average Bonchev–Trinajstić information content (AvgIpc) is 3.04. The van der Waals surface area contributed by atoms with Gasteiger partial charge in [-0.3, -0.25) is 0 Å². The molecule has 2 N–H and O–H groups in total. The van der Waals surface area contributed by atoms with E-state index in [0.29, 0.717) is 12.1 Å². The number of rotatable bonds is 6. The summed E-state index contributed by atoms with van der Waals surface area (Å²) >= 11 is 0. The smallest absolute Gasteiger partial charge is 0.128 e. The van der Waals surface area contributed by atoms with Crippen LogP contribution in [0.25, 0.3) is 0 Å². The topological polar surface area (TPSA) is 41.5 Å². The quantitative estimate of drug-likeness (QED) is 0.857. The summed E-state index contributed by atoms with van der Waals surface area (Å²) in [6.45, 7) is 3.27. The van der Waals surface area contributed by atoms with Gasteiger partial charge in [0.1, 0.15) is 11.6 Å². The largest absolute Gasteiger partial charge is 0.493 e. The highest BCUT2D eigenvalue weighted by molar-refractivity contribution is 5.40. The maximum atomic E-state index is 13.4. The van der Waals surface area contributed by atoms with E-state index in [-0.39, 0.29) is 18.5 Å². The van der Waals surface area contributed by atoms with E-state index >= 15 is 0 Å². The lowest BCUT2D eigenvalue weighted by atomic mass is 10.0. The summed E-state index contributed by atoms with van der Waals surface area (Å²) in [4.78, 5) is 0. The van der Waals surface area contributed by atoms with Crippen molar-refractivity contribution in [3.05, 3.63) is 64.5 Å². The van der Waals surface area contributed by atoms with Crippen molar-refractivity contribution in [2.24, 2.45) is 0 Å². The molecule has 1 atom stereocenters. The van der Waals surface area contributed by atoms with Gasteiger partial charge in [0.15, 0.2) is 0 Å². The highest BCUT2D eigenvalue weighted by Gasteiger charge is 2.16. The molecule has 2 aromatic rings. The molecule has 1 aliphatic heterocycles. The third-order valence-electron chi connectivity index (χ3n) is 4.36. The minimum atomic E-state index is -0.359. The van der Waals surface area contributed by atoms with Gasteiger partial charge in [0.05, 0.1) is 13.2 Å². The zero-order valence-corrected chi connectivity index (χ0v) is 13.3. The molecule has 1 aliphatic rings. The van der Waals surface area contributed by atoms with Crippen molar-refractivity contribution in [1.82, 2.24) is 5.32 Å². The first-order chi connectivity index (χ1) is 11.2. The van der Waals surface area contributed by atoms with Gasteiger partial charge >= 0.3 is 0 Å². The Morgan fingerprint density at radius 3 is 2.91 bits per heavy atom. The lowest BCUT2D eigenvalue weighted by Crippen LogP contribution is -2.20. The van der Waals surface area contributed by atoms with E-state index in [4.69, 9.17) is 9.84 Å². The number of nitrogens with one attached hydrogen (secondary N) is 1. The van der Waals surface area contributed by atoms with Crippen LogP contribution in [0.3, 0.4) is 0 Å². The van der Waals surface area contributed by atoms with E-state index in [1.165, 1.54) is 17.2 Å². The summed E-state index contributed by atoms with van der Waals surface area (Å²) in [5.74, 6) is 0.636. The van der Waals surface area contributed by atoms with Crippen molar-refractivity contribution < 1.29 is 14.2 Å². The lowest BCUT2D eigenvalue weighted by Gasteiger charge is -2.18. The molecule has 0 aliphatic carbocycles. The van der Waals surface area contributed by atoms with Gasteiger partial charge in [-0.25, -0.2) is 4.39 Å². The number of halogens is 1. The van der Waals surface area contributed by atoms with Gasteiger partial charge in [0.2, 0.25) is 0 Å². The maximum absolute atomic E-state index is 13.4. The summed E-state index contributed by atoms with van der Waals surface area (Å²) in [7, 11) is 0. The van der Waals surface area contributed by atoms with Crippen molar-refractivity contribution >= 4 is 0 Å². The highest BCUT2D eigenvalue weighted by Crippen LogP contribution is 2.29. The molecule has 0 spiro atoms. The van der Waals surface area contributed by atoms with Crippen LogP contribution in [0.5, 0.6) is 5.75 Å². The first-order valence-electron chi connectivity index (χ1n) is 8.08. The molecule has 0 amide bonds. The summed E-state index contributed by atoms with van der Waals surface area (Å²) in [6.07, 6.45) is 1.94. The van der Waals surface area contributed by atoms with Crippen molar-refractivity contribution in [3.63, 3.8) is 0 Å². The molecule has 0 radical (unpaired) electrons. The zero-order valence-electron chi connectivity index (χ0n) is 13.3. The second-order valence-electron chi connectivity index (χ2n) is 5.89. The molecule has 122 valence electrons. The van der Waals surface area contributed by atoms with Crippen LogP contribution in [0.2, 0.25) is 0 Å². The molecule has 0 fully saturated rings. The molecule has 1 heterocycles. The van der Waals surface area contributed by atoms with Gasteiger partial charge in [-0.15, -0.1) is 0 Å². The summed E-state index contributed by atoms with van der Waals surface area (Å²) in [5.41, 5.74) is 3.83. The van der Waals surface area contributed by atoms with Gasteiger partial charge in [-0.2, -0.15) is 0 Å². The Kier molecular flexibility index (Phi) is 4.94. The fourth-order valence-corrected chi connectivity index (χ4v) is 3.02. The molecular weight excluding hydrogens is 293 g/mol. The van der Waals surface area contributed by atoms with E-state index in [2.05, 4.69) is 24.4 Å². The Hall–Kier alpha value is -1.91. The number of aliphatic hydroxyl groups is 1. The van der Waals surface area contributed by atoms with Crippen LogP contribution in [-0.4, -0.2) is 11.7 Å². The first-order valence-corrected chi connectivity index (χ1v) is 8.08. The number of hydrogen-bond donors (Lipinski definition) is 2. The molecule has 0 aromatic heterocycles. The average molecular weight is 315 g/mol. The molecule has 23 heavy (non-hydrogen) atoms. The molecule has 0 saturated heterocycles. The van der Waals surface area contributed by atoms with Crippen LogP contribution in [-0.2, 0) is 19.6 Å². The standard InChI is InChI=1S/C19H22FNO2/c1-2-18(14-4-6-19-15(10-14)7-8-23-19)21-11-13-3-5-17(20)16(9-13)12-22/h3-6,9-10,18,21-22H,2,7-8,11-12H2,1H3. The van der Waals surface area contributed by atoms with Crippen LogP contribution >= 0.6 is 0 Å². The molecule has 3 nitrogen and oxygen atoms in total. The predicted molar refractivity (Wildman–Crippen MR) is 87.8 cm³/mol. The molecule has 3 rings (SSSR count). The lowest BCUT2D eigenvalue weighted by molar-refractivity contribution is 0.275. The van der Waals surface area contributed by atoms with Crippen LogP contribution in [0.4, 0.5) is 4.39 Å². The fraction of sp³-hybridized carbons (Fsp3) is 0.368. The van der Waals surface area contributed by atoms with Crippen LogP contribution in [0, 0.1) is 5.82 Å². The first kappa shape index (κ1) is 16.0. The normalized spacial score (nSPS) is 14.4. The second-order valence-corrected chi connectivity index (χ2v) is 5.89. The summed E-state index contributed by atoms with van der Waals surface area (Å²) < 4.78 is 19.0. The number of fused-ring (bicyclic) bond motifs is 1. The Bertz CT molecular complexity index is 687. The third kappa shape index (κ3) is 3.54. The van der Waals surface area contributed by atoms with Crippen molar-refractivity contribution in [2.45, 2.75) is 39.0 Å². The minimum Gasteiger partial charge on any atom is -0.493 e. The molecule has 1 unspecified atom stereocenters. The SMILES string of the molecule is CCC(NCc1ccc(F)c(CO)c1)c1ccc2c(c1)CCO2. The van der Waals surface area contributed by atoms with Crippen molar-refractivity contribution in [3.8, 4) is 5.75 Å². The van der Waals surface area contributed by atoms with E-state index in [1.54, 1.807) is 12.1 Å². The Morgan fingerprint density at radius 1 is 1.26 bits per heavy atom. The zero-order chi connectivity index (χ0) is 16.2. The Labute approximate surface area is 136 Å². The summed E-state index contributed by atoms with van der Waals surface area (Å²) in [6, 6.07) is 11.5. The fourth-order valence-electron chi connectivity index (χ4n) is 3.02. The monoisotopic (exact) mass is 315 g/mol. The van der Waals surface area contributed by atoms with Gasteiger partial charge < -0.3 is 15.2 Å². The third-order valence-corrected chi connectivity index (χ3v) is 4.36. The summed E-state index contributed by atoms with van der Waals surface area (Å²) in [5, 5.41) is 12.7. The second kappa shape index (κ2) is 7.11. The van der Waals surface area contributed by atoms with E-state index < -0.39 is 0 Å². The van der Waals surface area contributed by atoms with Gasteiger partial charge in [0.25, 0.3) is 0 Å². The van der Waals surface area contributed by atoms with E-state index in [1.807, 2.05) is 6.07 Å². The number of hydrogen-bond acceptors (Lipinski definition) is 3. The number of aliphatic hydroxyl groups excluding tert-OH is 1. The van der Waals surface area contributed by atoms with E-state index in [9.17, 15) is 4.39 Å². The highest BCUT2D eigenvalue weighted by atomic mass is 19.1. The Morgan fingerprint density at radius 2 is 2.13 bits per heavy atom. The van der Waals surface area contributed by atoms with Crippen LogP contribution < -0.4 is 10.1 Å². The van der Waals surface area contributed by atoms with E-state index in [0.717, 1.165) is 30.8 Å². The minimum absolute atomic E-state index is 0.239. The van der Waals surface area contributed by atoms with Gasteiger partial charge in [-0.1, -0.05) is 25.1 Å². The predicted octanol–water partition coefficient (Wildman–Crippen LogP) is 3.49. The molecule has 2 aromatic carbocycles. The maximum Gasteiger partial charge on any atom is 0.128 e. The van der Waals surface area contributed by atoms with Crippen molar-refractivity contribution in [2.75, 3.05) is 6.61 Å². The van der Waals surface area contributed by atoms with Crippen molar-refractivity contribution in [1.29, 1.82) is 0 Å². The van der Waals surface area contributed by atoms with Crippen LogP contribution in [0.1, 0.15) is 41.6 Å².